The van der Waals surface area contributed by atoms with Gasteiger partial charge in [-0.25, -0.2) is 4.79 Å². The maximum Gasteiger partial charge on any atom is 0.335 e. The van der Waals surface area contributed by atoms with E-state index in [2.05, 4.69) is 18.7 Å². The lowest BCUT2D eigenvalue weighted by Crippen LogP contribution is -2.52. The number of carboxylic acid groups (broad SMARTS) is 1. The topological polar surface area (TPSA) is 59.0 Å². The average molecular weight is 279 g/mol. The molecule has 0 saturated carbocycles. The molecule has 1 heterocycles. The number of aromatic carboxylic acids is 1. The monoisotopic (exact) mass is 279 g/mol. The highest BCUT2D eigenvalue weighted by molar-refractivity contribution is 5.88. The predicted molar refractivity (Wildman–Crippen MR) is 75.3 cm³/mol. The van der Waals surface area contributed by atoms with Crippen molar-refractivity contribution in [1.82, 2.24) is 4.90 Å². The van der Waals surface area contributed by atoms with E-state index in [1.54, 1.807) is 25.3 Å². The number of morpholine rings is 1. The largest absolute Gasteiger partial charge is 0.496 e. The van der Waals surface area contributed by atoms with Crippen molar-refractivity contribution in [2.75, 3.05) is 26.9 Å². The molecular weight excluding hydrogens is 258 g/mol. The maximum absolute atomic E-state index is 11.1. The van der Waals surface area contributed by atoms with Crippen LogP contribution in [0.5, 0.6) is 5.75 Å². The Labute approximate surface area is 119 Å². The Morgan fingerprint density at radius 2 is 2.25 bits per heavy atom. The fourth-order valence-corrected chi connectivity index (χ4v) is 2.42. The molecule has 110 valence electrons. The molecule has 1 fully saturated rings. The van der Waals surface area contributed by atoms with Crippen LogP contribution in [0.4, 0.5) is 0 Å². The first-order valence-electron chi connectivity index (χ1n) is 6.67. The van der Waals surface area contributed by atoms with E-state index in [9.17, 15) is 4.79 Å². The highest BCUT2D eigenvalue weighted by Gasteiger charge is 2.31. The van der Waals surface area contributed by atoms with Gasteiger partial charge in [0.25, 0.3) is 0 Å². The van der Waals surface area contributed by atoms with Crippen LogP contribution in [-0.2, 0) is 11.3 Å². The Morgan fingerprint density at radius 3 is 2.85 bits per heavy atom. The molecule has 2 rings (SSSR count). The normalized spacial score (nSPS) is 18.8. The highest BCUT2D eigenvalue weighted by atomic mass is 16.5. The Kier molecular flexibility index (Phi) is 4.30. The van der Waals surface area contributed by atoms with Crippen LogP contribution in [0.3, 0.4) is 0 Å². The number of hydrogen-bond acceptors (Lipinski definition) is 4. The molecule has 1 saturated heterocycles. The Morgan fingerprint density at radius 1 is 1.50 bits per heavy atom. The summed E-state index contributed by atoms with van der Waals surface area (Å²) in [6.45, 7) is 7.10. The van der Waals surface area contributed by atoms with Crippen LogP contribution >= 0.6 is 0 Å². The van der Waals surface area contributed by atoms with E-state index < -0.39 is 5.97 Å². The van der Waals surface area contributed by atoms with E-state index in [-0.39, 0.29) is 11.1 Å². The van der Waals surface area contributed by atoms with E-state index in [1.165, 1.54) is 0 Å². The van der Waals surface area contributed by atoms with Gasteiger partial charge in [0.1, 0.15) is 5.75 Å². The summed E-state index contributed by atoms with van der Waals surface area (Å²) >= 11 is 0. The van der Waals surface area contributed by atoms with Gasteiger partial charge >= 0.3 is 5.97 Å². The van der Waals surface area contributed by atoms with Crippen LogP contribution in [0.15, 0.2) is 18.2 Å². The van der Waals surface area contributed by atoms with Crippen LogP contribution in [0.2, 0.25) is 0 Å². The molecule has 1 aromatic rings. The van der Waals surface area contributed by atoms with Gasteiger partial charge in [-0.15, -0.1) is 0 Å². The summed E-state index contributed by atoms with van der Waals surface area (Å²) in [6, 6.07) is 4.97. The second kappa shape index (κ2) is 5.81. The molecule has 0 aromatic heterocycles. The van der Waals surface area contributed by atoms with Gasteiger partial charge in [0.2, 0.25) is 0 Å². The molecule has 1 aliphatic rings. The smallest absolute Gasteiger partial charge is 0.335 e. The standard InChI is InChI=1S/C15H21NO4/c1-15(2)10-20-7-6-16(15)9-12-8-11(14(17)18)4-5-13(12)19-3/h4-5,8H,6-7,9-10H2,1-3H3,(H,17,18). The van der Waals surface area contributed by atoms with E-state index in [0.717, 1.165) is 17.9 Å². The Hall–Kier alpha value is -1.59. The number of methoxy groups -OCH3 is 1. The van der Waals surface area contributed by atoms with Gasteiger partial charge in [-0.2, -0.15) is 0 Å². The van der Waals surface area contributed by atoms with E-state index in [4.69, 9.17) is 14.6 Å². The molecule has 20 heavy (non-hydrogen) atoms. The Bertz CT molecular complexity index is 499. The number of ether oxygens (including phenoxy) is 2. The molecule has 0 radical (unpaired) electrons. The van der Waals surface area contributed by atoms with Crippen LogP contribution in [-0.4, -0.2) is 48.4 Å². The number of rotatable bonds is 4. The minimum Gasteiger partial charge on any atom is -0.496 e. The summed E-state index contributed by atoms with van der Waals surface area (Å²) in [6.07, 6.45) is 0. The first-order valence-corrected chi connectivity index (χ1v) is 6.67. The van der Waals surface area contributed by atoms with Gasteiger partial charge in [-0.1, -0.05) is 0 Å². The van der Waals surface area contributed by atoms with Crippen molar-refractivity contribution in [2.45, 2.75) is 25.9 Å². The molecule has 1 aliphatic heterocycles. The lowest BCUT2D eigenvalue weighted by molar-refractivity contribution is -0.0555. The van der Waals surface area contributed by atoms with Crippen LogP contribution < -0.4 is 4.74 Å². The molecule has 0 unspecified atom stereocenters. The molecule has 1 aromatic carbocycles. The minimum absolute atomic E-state index is 0.0670. The van der Waals surface area contributed by atoms with Crippen molar-refractivity contribution >= 4 is 5.97 Å². The van der Waals surface area contributed by atoms with Crippen LogP contribution in [0.1, 0.15) is 29.8 Å². The number of carboxylic acids is 1. The molecule has 0 amide bonds. The zero-order valence-electron chi connectivity index (χ0n) is 12.2. The quantitative estimate of drug-likeness (QED) is 0.913. The summed E-state index contributed by atoms with van der Waals surface area (Å²) < 4.78 is 10.8. The van der Waals surface area contributed by atoms with Crippen LogP contribution in [0.25, 0.3) is 0 Å². The first-order chi connectivity index (χ1) is 9.44. The molecule has 0 atom stereocenters. The Balaban J connectivity index is 2.26. The average Bonchev–Trinajstić information content (AvgIpc) is 2.41. The first kappa shape index (κ1) is 14.8. The van der Waals surface area contributed by atoms with Gasteiger partial charge in [0.05, 0.1) is 25.9 Å². The van der Waals surface area contributed by atoms with Crippen molar-refractivity contribution in [2.24, 2.45) is 0 Å². The molecule has 5 nitrogen and oxygen atoms in total. The van der Waals surface area contributed by atoms with Gasteiger partial charge in [-0.05, 0) is 32.0 Å². The zero-order valence-corrected chi connectivity index (χ0v) is 12.2. The summed E-state index contributed by atoms with van der Waals surface area (Å²) in [7, 11) is 1.60. The minimum atomic E-state index is -0.921. The number of benzene rings is 1. The molecule has 1 N–H and O–H groups in total. The highest BCUT2D eigenvalue weighted by Crippen LogP contribution is 2.27. The third-order valence-electron chi connectivity index (χ3n) is 3.71. The number of hydrogen-bond donors (Lipinski definition) is 1. The molecule has 0 aliphatic carbocycles. The van der Waals surface area contributed by atoms with Crippen molar-refractivity contribution in [3.63, 3.8) is 0 Å². The van der Waals surface area contributed by atoms with Gasteiger partial charge < -0.3 is 14.6 Å². The summed E-state index contributed by atoms with van der Waals surface area (Å²) in [5.41, 5.74) is 1.11. The van der Waals surface area contributed by atoms with Gasteiger partial charge in [0, 0.05) is 24.2 Å². The summed E-state index contributed by atoms with van der Waals surface area (Å²) in [4.78, 5) is 13.4. The van der Waals surface area contributed by atoms with Gasteiger partial charge in [-0.3, -0.25) is 4.90 Å². The lowest BCUT2D eigenvalue weighted by atomic mass is 10.0. The second-order valence-electron chi connectivity index (χ2n) is 5.62. The van der Waals surface area contributed by atoms with Crippen molar-refractivity contribution in [1.29, 1.82) is 0 Å². The molecular formula is C15H21NO4. The molecule has 0 bridgehead atoms. The maximum atomic E-state index is 11.1. The predicted octanol–water partition coefficient (Wildman–Crippen LogP) is 2.00. The van der Waals surface area contributed by atoms with E-state index in [0.29, 0.717) is 19.8 Å². The molecule has 0 spiro atoms. The second-order valence-corrected chi connectivity index (χ2v) is 5.62. The SMILES string of the molecule is COc1ccc(C(=O)O)cc1CN1CCOCC1(C)C. The number of nitrogens with zero attached hydrogens (tertiary/aromatic N) is 1. The van der Waals surface area contributed by atoms with E-state index >= 15 is 0 Å². The summed E-state index contributed by atoms with van der Waals surface area (Å²) in [5.74, 6) is -0.201. The van der Waals surface area contributed by atoms with Gasteiger partial charge in [0.15, 0.2) is 0 Å². The van der Waals surface area contributed by atoms with E-state index in [1.807, 2.05) is 0 Å². The van der Waals surface area contributed by atoms with Crippen molar-refractivity contribution in [3.05, 3.63) is 29.3 Å². The van der Waals surface area contributed by atoms with Crippen molar-refractivity contribution in [3.8, 4) is 5.75 Å². The third-order valence-corrected chi connectivity index (χ3v) is 3.71. The zero-order chi connectivity index (χ0) is 14.8. The third kappa shape index (κ3) is 3.11. The number of carbonyl (C=O) groups is 1. The summed E-state index contributed by atoms with van der Waals surface area (Å²) in [5, 5.41) is 9.11. The lowest BCUT2D eigenvalue weighted by Gasteiger charge is -2.42. The van der Waals surface area contributed by atoms with Crippen LogP contribution in [0, 0.1) is 0 Å². The fourth-order valence-electron chi connectivity index (χ4n) is 2.42. The van der Waals surface area contributed by atoms with Crippen molar-refractivity contribution < 1.29 is 19.4 Å². The molecule has 5 heteroatoms. The fraction of sp³-hybridized carbons (Fsp3) is 0.533.